The van der Waals surface area contributed by atoms with E-state index in [2.05, 4.69) is 29.9 Å². The van der Waals surface area contributed by atoms with Crippen LogP contribution in [-0.4, -0.2) is 26.2 Å². The van der Waals surface area contributed by atoms with Crippen LogP contribution in [0.3, 0.4) is 0 Å². The first kappa shape index (κ1) is 14.7. The first-order chi connectivity index (χ1) is 10.4. The van der Waals surface area contributed by atoms with Crippen LogP contribution < -0.4 is 11.1 Å². The maximum atomic E-state index is 12.3. The van der Waals surface area contributed by atoms with Crippen LogP contribution in [0.15, 0.2) is 16.9 Å². The highest BCUT2D eigenvalue weighted by atomic mass is 19.4. The zero-order valence-electron chi connectivity index (χ0n) is 11.3. The van der Waals surface area contributed by atoms with E-state index < -0.39 is 12.1 Å². The van der Waals surface area contributed by atoms with Gasteiger partial charge in [0.1, 0.15) is 12.1 Å². The van der Waals surface area contributed by atoms with Crippen LogP contribution in [0.4, 0.5) is 19.0 Å². The van der Waals surface area contributed by atoms with E-state index in [1.807, 2.05) is 0 Å². The molecule has 0 aromatic carbocycles. The quantitative estimate of drug-likeness (QED) is 0.885. The van der Waals surface area contributed by atoms with Crippen LogP contribution in [0, 0.1) is 0 Å². The van der Waals surface area contributed by atoms with Crippen LogP contribution >= 0.6 is 0 Å². The Kier molecular flexibility index (Phi) is 3.69. The first-order valence-corrected chi connectivity index (χ1v) is 6.63. The predicted octanol–water partition coefficient (Wildman–Crippen LogP) is 1.70. The zero-order valence-corrected chi connectivity index (χ0v) is 11.3. The van der Waals surface area contributed by atoms with Crippen LogP contribution in [0.1, 0.15) is 36.2 Å². The van der Waals surface area contributed by atoms with Crippen LogP contribution in [-0.2, 0) is 12.7 Å². The SMILES string of the molecule is NC1CC(c2cc(NCc3noc(C(F)(F)F)n3)ncn2)C1. The van der Waals surface area contributed by atoms with Gasteiger partial charge in [-0.25, -0.2) is 9.97 Å². The van der Waals surface area contributed by atoms with Crippen LogP contribution in [0.25, 0.3) is 0 Å². The number of nitrogens with zero attached hydrogens (tertiary/aromatic N) is 4. The second-order valence-corrected chi connectivity index (χ2v) is 5.12. The number of nitrogens with two attached hydrogens (primary N) is 1. The maximum absolute atomic E-state index is 12.3. The van der Waals surface area contributed by atoms with Crippen molar-refractivity contribution in [2.24, 2.45) is 5.73 Å². The van der Waals surface area contributed by atoms with Gasteiger partial charge in [0.2, 0.25) is 0 Å². The number of hydrogen-bond donors (Lipinski definition) is 2. The summed E-state index contributed by atoms with van der Waals surface area (Å²) in [5, 5.41) is 6.11. The molecule has 0 radical (unpaired) electrons. The topological polar surface area (TPSA) is 103 Å². The van der Waals surface area contributed by atoms with Gasteiger partial charge in [-0.2, -0.15) is 18.2 Å². The Morgan fingerprint density at radius 1 is 1.32 bits per heavy atom. The molecule has 0 aliphatic heterocycles. The summed E-state index contributed by atoms with van der Waals surface area (Å²) in [6.45, 7) is -0.0276. The molecule has 0 unspecified atom stereocenters. The van der Waals surface area contributed by atoms with E-state index in [9.17, 15) is 13.2 Å². The summed E-state index contributed by atoms with van der Waals surface area (Å²) >= 11 is 0. The fourth-order valence-corrected chi connectivity index (χ4v) is 2.21. The van der Waals surface area contributed by atoms with E-state index in [0.29, 0.717) is 11.7 Å². The molecule has 3 rings (SSSR count). The second-order valence-electron chi connectivity index (χ2n) is 5.12. The van der Waals surface area contributed by atoms with Gasteiger partial charge in [0.15, 0.2) is 5.82 Å². The summed E-state index contributed by atoms with van der Waals surface area (Å²) in [5.74, 6) is -0.668. The molecular formula is C12H13F3N6O. The van der Waals surface area contributed by atoms with Crippen molar-refractivity contribution >= 4 is 5.82 Å². The highest BCUT2D eigenvalue weighted by Gasteiger charge is 2.38. The van der Waals surface area contributed by atoms with Crippen molar-refractivity contribution in [2.75, 3.05) is 5.32 Å². The highest BCUT2D eigenvalue weighted by molar-refractivity contribution is 5.36. The Hall–Kier alpha value is -2.23. The van der Waals surface area contributed by atoms with Gasteiger partial charge in [-0.3, -0.25) is 0 Å². The lowest BCUT2D eigenvalue weighted by molar-refractivity contribution is -0.159. The van der Waals surface area contributed by atoms with Crippen LogP contribution in [0.2, 0.25) is 0 Å². The van der Waals surface area contributed by atoms with Crippen molar-refractivity contribution in [1.29, 1.82) is 0 Å². The van der Waals surface area contributed by atoms with E-state index in [1.54, 1.807) is 6.07 Å². The lowest BCUT2D eigenvalue weighted by Crippen LogP contribution is -2.35. The van der Waals surface area contributed by atoms with Crippen molar-refractivity contribution in [3.05, 3.63) is 29.8 Å². The minimum atomic E-state index is -4.64. The third-order valence-electron chi connectivity index (χ3n) is 3.42. The number of aromatic nitrogens is 4. The number of nitrogens with one attached hydrogen (secondary N) is 1. The van der Waals surface area contributed by atoms with Gasteiger partial charge in [-0.15, -0.1) is 0 Å². The van der Waals surface area contributed by atoms with Crippen molar-refractivity contribution < 1.29 is 17.7 Å². The molecule has 0 bridgehead atoms. The summed E-state index contributed by atoms with van der Waals surface area (Å²) in [5.41, 5.74) is 6.60. The summed E-state index contributed by atoms with van der Waals surface area (Å²) in [4.78, 5) is 11.5. The predicted molar refractivity (Wildman–Crippen MR) is 68.6 cm³/mol. The molecule has 1 fully saturated rings. The van der Waals surface area contributed by atoms with Gasteiger partial charge in [-0.05, 0) is 12.8 Å². The van der Waals surface area contributed by atoms with Crippen molar-refractivity contribution in [2.45, 2.75) is 37.5 Å². The Labute approximate surface area is 123 Å². The normalized spacial score (nSPS) is 21.5. The van der Waals surface area contributed by atoms with Gasteiger partial charge >= 0.3 is 12.1 Å². The minimum absolute atomic E-state index is 0.0276. The molecule has 118 valence electrons. The van der Waals surface area contributed by atoms with Gasteiger partial charge in [-0.1, -0.05) is 5.16 Å². The molecule has 2 aromatic rings. The third-order valence-corrected chi connectivity index (χ3v) is 3.42. The maximum Gasteiger partial charge on any atom is 0.471 e. The molecule has 0 amide bonds. The lowest BCUT2D eigenvalue weighted by Gasteiger charge is -2.31. The molecule has 1 aliphatic rings. The Morgan fingerprint density at radius 2 is 2.09 bits per heavy atom. The Morgan fingerprint density at radius 3 is 2.73 bits per heavy atom. The van der Waals surface area contributed by atoms with E-state index in [4.69, 9.17) is 5.73 Å². The fourth-order valence-electron chi connectivity index (χ4n) is 2.21. The summed E-state index contributed by atoms with van der Waals surface area (Å²) in [6.07, 6.45) is -1.50. The molecule has 0 saturated heterocycles. The number of alkyl halides is 3. The van der Waals surface area contributed by atoms with Crippen molar-refractivity contribution in [1.82, 2.24) is 20.1 Å². The molecular weight excluding hydrogens is 301 g/mol. The average molecular weight is 314 g/mol. The summed E-state index contributed by atoms with van der Waals surface area (Å²) < 4.78 is 41.2. The second kappa shape index (κ2) is 5.52. The first-order valence-electron chi connectivity index (χ1n) is 6.63. The monoisotopic (exact) mass is 314 g/mol. The Bertz CT molecular complexity index is 652. The van der Waals surface area contributed by atoms with Gasteiger partial charge in [0.05, 0.1) is 6.54 Å². The fraction of sp³-hybridized carbons (Fsp3) is 0.500. The summed E-state index contributed by atoms with van der Waals surface area (Å²) in [6, 6.07) is 1.96. The molecule has 7 nitrogen and oxygen atoms in total. The molecule has 0 spiro atoms. The van der Waals surface area contributed by atoms with Crippen molar-refractivity contribution in [3.63, 3.8) is 0 Å². The molecule has 22 heavy (non-hydrogen) atoms. The number of rotatable bonds is 4. The standard InChI is InChI=1S/C12H13F3N6O/c13-12(14,15)11-20-10(21-22-11)4-17-9-3-8(18-5-19-9)6-1-7(16)2-6/h3,5-7H,1-2,4,16H2,(H,17,18,19). The Balaban J connectivity index is 1.62. The molecule has 10 heteroatoms. The lowest BCUT2D eigenvalue weighted by atomic mass is 9.79. The molecule has 1 aliphatic carbocycles. The number of hydrogen-bond acceptors (Lipinski definition) is 7. The molecule has 2 heterocycles. The van der Waals surface area contributed by atoms with E-state index in [-0.39, 0.29) is 18.4 Å². The minimum Gasteiger partial charge on any atom is -0.363 e. The van der Waals surface area contributed by atoms with Crippen molar-refractivity contribution in [3.8, 4) is 0 Å². The molecule has 0 atom stereocenters. The van der Waals surface area contributed by atoms with Crippen LogP contribution in [0.5, 0.6) is 0 Å². The van der Waals surface area contributed by atoms with E-state index >= 15 is 0 Å². The number of anilines is 1. The average Bonchev–Trinajstić information content (AvgIpc) is 2.91. The van der Waals surface area contributed by atoms with Gasteiger partial charge < -0.3 is 15.6 Å². The van der Waals surface area contributed by atoms with Gasteiger partial charge in [0, 0.05) is 23.7 Å². The highest BCUT2D eigenvalue weighted by Crippen LogP contribution is 2.34. The van der Waals surface area contributed by atoms with E-state index in [0.717, 1.165) is 18.5 Å². The number of halogens is 3. The summed E-state index contributed by atoms with van der Waals surface area (Å²) in [7, 11) is 0. The third kappa shape index (κ3) is 3.16. The molecule has 3 N–H and O–H groups in total. The largest absolute Gasteiger partial charge is 0.471 e. The van der Waals surface area contributed by atoms with E-state index in [1.165, 1.54) is 6.33 Å². The molecule has 2 aromatic heterocycles. The smallest absolute Gasteiger partial charge is 0.363 e. The van der Waals surface area contributed by atoms with Gasteiger partial charge in [0.25, 0.3) is 0 Å². The molecule has 1 saturated carbocycles. The zero-order chi connectivity index (χ0) is 15.7.